The van der Waals surface area contributed by atoms with Crippen LogP contribution in [0.5, 0.6) is 0 Å². The highest BCUT2D eigenvalue weighted by Gasteiger charge is 2.10. The summed E-state index contributed by atoms with van der Waals surface area (Å²) in [5.41, 5.74) is 13.7. The molecule has 2 aromatic rings. The van der Waals surface area contributed by atoms with E-state index < -0.39 is 0 Å². The number of hydrogen-bond donors (Lipinski definition) is 3. The van der Waals surface area contributed by atoms with Gasteiger partial charge in [-0.3, -0.25) is 0 Å². The summed E-state index contributed by atoms with van der Waals surface area (Å²) >= 11 is 0. The predicted molar refractivity (Wildman–Crippen MR) is 68.6 cm³/mol. The molecule has 0 aliphatic heterocycles. The molecule has 4 heteroatoms. The van der Waals surface area contributed by atoms with Crippen molar-refractivity contribution in [2.45, 2.75) is 6.04 Å². The molecular formula is C12H18N4. The van der Waals surface area contributed by atoms with Crippen molar-refractivity contribution in [2.24, 2.45) is 11.5 Å². The van der Waals surface area contributed by atoms with Gasteiger partial charge in [0.1, 0.15) is 0 Å². The van der Waals surface area contributed by atoms with Crippen LogP contribution in [0.1, 0.15) is 0 Å². The molecule has 0 amide bonds. The number of aromatic amines is 1. The SMILES string of the molecule is CN(CC(N)CN)c1c[nH]c2ccccc12. The Morgan fingerprint density at radius 2 is 2.12 bits per heavy atom. The molecule has 1 atom stereocenters. The second kappa shape index (κ2) is 4.55. The number of hydrogen-bond acceptors (Lipinski definition) is 3. The van der Waals surface area contributed by atoms with Crippen molar-refractivity contribution in [1.29, 1.82) is 0 Å². The molecule has 1 unspecified atom stereocenters. The number of nitrogens with one attached hydrogen (secondary N) is 1. The van der Waals surface area contributed by atoms with Crippen molar-refractivity contribution in [3.05, 3.63) is 30.5 Å². The van der Waals surface area contributed by atoms with Gasteiger partial charge in [-0.1, -0.05) is 18.2 Å². The fraction of sp³-hybridized carbons (Fsp3) is 0.333. The molecule has 0 bridgehead atoms. The number of para-hydroxylation sites is 1. The molecule has 0 saturated heterocycles. The third-order valence-electron chi connectivity index (χ3n) is 2.79. The van der Waals surface area contributed by atoms with E-state index in [9.17, 15) is 0 Å². The van der Waals surface area contributed by atoms with Gasteiger partial charge in [-0.05, 0) is 6.07 Å². The van der Waals surface area contributed by atoms with Gasteiger partial charge in [0.25, 0.3) is 0 Å². The molecule has 1 aromatic heterocycles. The fourth-order valence-electron chi connectivity index (χ4n) is 1.90. The van der Waals surface area contributed by atoms with Crippen LogP contribution in [0.15, 0.2) is 30.5 Å². The summed E-state index contributed by atoms with van der Waals surface area (Å²) in [4.78, 5) is 5.38. The normalized spacial score (nSPS) is 12.9. The Balaban J connectivity index is 2.26. The second-order valence-corrected chi connectivity index (χ2v) is 4.10. The third-order valence-corrected chi connectivity index (χ3v) is 2.79. The summed E-state index contributed by atoms with van der Waals surface area (Å²) < 4.78 is 0. The van der Waals surface area contributed by atoms with Crippen LogP contribution >= 0.6 is 0 Å². The van der Waals surface area contributed by atoms with Crippen molar-refractivity contribution >= 4 is 16.6 Å². The van der Waals surface area contributed by atoms with Crippen molar-refractivity contribution in [1.82, 2.24) is 4.98 Å². The Hall–Kier alpha value is -1.52. The zero-order chi connectivity index (χ0) is 11.5. The average Bonchev–Trinajstić information content (AvgIpc) is 2.72. The van der Waals surface area contributed by atoms with E-state index in [0.29, 0.717) is 6.54 Å². The smallest absolute Gasteiger partial charge is 0.0621 e. The maximum Gasteiger partial charge on any atom is 0.0621 e. The molecule has 0 radical (unpaired) electrons. The molecule has 0 spiro atoms. The molecule has 0 aliphatic rings. The van der Waals surface area contributed by atoms with Gasteiger partial charge < -0.3 is 21.4 Å². The Morgan fingerprint density at radius 1 is 1.38 bits per heavy atom. The lowest BCUT2D eigenvalue weighted by molar-refractivity contribution is 0.669. The van der Waals surface area contributed by atoms with Gasteiger partial charge in [0, 0.05) is 43.3 Å². The Morgan fingerprint density at radius 3 is 2.88 bits per heavy atom. The maximum absolute atomic E-state index is 5.85. The Bertz CT molecular complexity index is 463. The first-order valence-electron chi connectivity index (χ1n) is 5.45. The van der Waals surface area contributed by atoms with Gasteiger partial charge in [-0.15, -0.1) is 0 Å². The van der Waals surface area contributed by atoms with E-state index in [1.165, 1.54) is 11.1 Å². The molecule has 86 valence electrons. The first kappa shape index (κ1) is 11.0. The number of benzene rings is 1. The minimum Gasteiger partial charge on any atom is -0.371 e. The number of rotatable bonds is 4. The molecule has 2 rings (SSSR count). The minimum atomic E-state index is 0.0127. The van der Waals surface area contributed by atoms with Crippen LogP contribution in [0, 0.1) is 0 Å². The quantitative estimate of drug-likeness (QED) is 0.713. The van der Waals surface area contributed by atoms with Crippen LogP contribution < -0.4 is 16.4 Å². The van der Waals surface area contributed by atoms with Crippen LogP contribution in [0.3, 0.4) is 0 Å². The maximum atomic E-state index is 5.85. The van der Waals surface area contributed by atoms with Crippen LogP contribution in [0.4, 0.5) is 5.69 Å². The third kappa shape index (κ3) is 2.03. The summed E-state index contributed by atoms with van der Waals surface area (Å²) in [6.07, 6.45) is 2.01. The summed E-state index contributed by atoms with van der Waals surface area (Å²) in [5, 5.41) is 1.22. The predicted octanol–water partition coefficient (Wildman–Crippen LogP) is 0.890. The van der Waals surface area contributed by atoms with Crippen molar-refractivity contribution < 1.29 is 0 Å². The molecule has 0 saturated carbocycles. The van der Waals surface area contributed by atoms with E-state index >= 15 is 0 Å². The number of anilines is 1. The standard InChI is InChI=1S/C12H18N4/c1-16(8-9(14)6-13)12-7-15-11-5-3-2-4-10(11)12/h2-5,7,9,15H,6,8,13-14H2,1H3. The second-order valence-electron chi connectivity index (χ2n) is 4.10. The van der Waals surface area contributed by atoms with Gasteiger partial charge in [-0.2, -0.15) is 0 Å². The molecule has 5 N–H and O–H groups in total. The molecule has 1 aromatic carbocycles. The van der Waals surface area contributed by atoms with E-state index in [0.717, 1.165) is 12.1 Å². The lowest BCUT2D eigenvalue weighted by atomic mass is 10.2. The number of nitrogens with two attached hydrogens (primary N) is 2. The molecule has 0 aliphatic carbocycles. The number of H-pyrrole nitrogens is 1. The average molecular weight is 218 g/mol. The highest BCUT2D eigenvalue weighted by Crippen LogP contribution is 2.25. The van der Waals surface area contributed by atoms with E-state index in [1.807, 2.05) is 25.4 Å². The van der Waals surface area contributed by atoms with Crippen LogP contribution in [-0.2, 0) is 0 Å². The topological polar surface area (TPSA) is 71.1 Å². The molecule has 16 heavy (non-hydrogen) atoms. The summed E-state index contributed by atoms with van der Waals surface area (Å²) in [6, 6.07) is 8.24. The largest absolute Gasteiger partial charge is 0.371 e. The van der Waals surface area contributed by atoms with E-state index in [4.69, 9.17) is 11.5 Å². The molecule has 0 fully saturated rings. The van der Waals surface area contributed by atoms with E-state index in [2.05, 4.69) is 22.0 Å². The summed E-state index contributed by atoms with van der Waals surface area (Å²) in [7, 11) is 2.03. The number of aromatic nitrogens is 1. The zero-order valence-corrected chi connectivity index (χ0v) is 9.48. The van der Waals surface area contributed by atoms with Gasteiger partial charge >= 0.3 is 0 Å². The van der Waals surface area contributed by atoms with Crippen LogP contribution in [-0.4, -0.2) is 31.2 Å². The monoisotopic (exact) mass is 218 g/mol. The lowest BCUT2D eigenvalue weighted by Crippen LogP contribution is -2.40. The van der Waals surface area contributed by atoms with Crippen molar-refractivity contribution in [2.75, 3.05) is 25.0 Å². The van der Waals surface area contributed by atoms with Gasteiger partial charge in [0.15, 0.2) is 0 Å². The zero-order valence-electron chi connectivity index (χ0n) is 9.48. The molecular weight excluding hydrogens is 200 g/mol. The van der Waals surface area contributed by atoms with Gasteiger partial charge in [-0.25, -0.2) is 0 Å². The first-order valence-corrected chi connectivity index (χ1v) is 5.45. The van der Waals surface area contributed by atoms with Crippen molar-refractivity contribution in [3.8, 4) is 0 Å². The van der Waals surface area contributed by atoms with Crippen LogP contribution in [0.2, 0.25) is 0 Å². The molecule has 4 nitrogen and oxygen atoms in total. The van der Waals surface area contributed by atoms with E-state index in [1.54, 1.807) is 0 Å². The van der Waals surface area contributed by atoms with Crippen LogP contribution in [0.25, 0.3) is 10.9 Å². The summed E-state index contributed by atoms with van der Waals surface area (Å²) in [6.45, 7) is 1.27. The van der Waals surface area contributed by atoms with Crippen molar-refractivity contribution in [3.63, 3.8) is 0 Å². The highest BCUT2D eigenvalue weighted by molar-refractivity contribution is 5.92. The lowest BCUT2D eigenvalue weighted by Gasteiger charge is -2.21. The Kier molecular flexibility index (Phi) is 3.12. The minimum absolute atomic E-state index is 0.0127. The van der Waals surface area contributed by atoms with E-state index in [-0.39, 0.29) is 6.04 Å². The number of likely N-dealkylation sites (N-methyl/N-ethyl adjacent to an activating group) is 1. The molecule has 1 heterocycles. The number of nitrogens with zero attached hydrogens (tertiary/aromatic N) is 1. The Labute approximate surface area is 95.2 Å². The first-order chi connectivity index (χ1) is 7.72. The number of fused-ring (bicyclic) bond motifs is 1. The van der Waals surface area contributed by atoms with Gasteiger partial charge in [0.05, 0.1) is 5.69 Å². The highest BCUT2D eigenvalue weighted by atomic mass is 15.1. The summed E-state index contributed by atoms with van der Waals surface area (Å²) in [5.74, 6) is 0. The van der Waals surface area contributed by atoms with Gasteiger partial charge in [0.2, 0.25) is 0 Å². The fourth-order valence-corrected chi connectivity index (χ4v) is 1.90.